The van der Waals surface area contributed by atoms with Crippen molar-refractivity contribution in [2.24, 2.45) is 0 Å². The summed E-state index contributed by atoms with van der Waals surface area (Å²) in [5, 5.41) is 0. The fraction of sp³-hybridized carbons (Fsp3) is 0.889. The Kier molecular flexibility index (Phi) is 6.35. The summed E-state index contributed by atoms with van der Waals surface area (Å²) in [6.45, 7) is 1.48. The van der Waals surface area contributed by atoms with E-state index in [4.69, 9.17) is 9.47 Å². The van der Waals surface area contributed by atoms with E-state index in [0.29, 0.717) is 0 Å². The molecule has 0 aromatic carbocycles. The molecule has 2 unspecified atom stereocenters. The quantitative estimate of drug-likeness (QED) is 0.665. The average molecular weight is 244 g/mol. The molecule has 0 aliphatic heterocycles. The van der Waals surface area contributed by atoms with Gasteiger partial charge in [-0.05, 0) is 13.8 Å². The van der Waals surface area contributed by atoms with Gasteiger partial charge in [0.2, 0.25) is 0 Å². The van der Waals surface area contributed by atoms with Crippen molar-refractivity contribution >= 4 is 5.97 Å². The predicted molar refractivity (Wildman–Crippen MR) is 48.9 cm³/mol. The van der Waals surface area contributed by atoms with Crippen LogP contribution in [0.25, 0.3) is 0 Å². The molecule has 0 aliphatic rings. The Morgan fingerprint density at radius 1 is 1.31 bits per heavy atom. The fourth-order valence-corrected chi connectivity index (χ4v) is 0.850. The zero-order valence-electron chi connectivity index (χ0n) is 9.34. The number of halogens is 3. The smallest absolute Gasteiger partial charge is 0.411 e. The Hall–Kier alpha value is -0.820. The molecular formula is C9H15F3O4. The third kappa shape index (κ3) is 7.47. The van der Waals surface area contributed by atoms with Gasteiger partial charge in [0.25, 0.3) is 0 Å². The largest absolute Gasteiger partial charge is 0.458 e. The Bertz CT molecular complexity index is 217. The monoisotopic (exact) mass is 244 g/mol. The van der Waals surface area contributed by atoms with Gasteiger partial charge in [0.05, 0.1) is 6.61 Å². The highest BCUT2D eigenvalue weighted by atomic mass is 19.4. The number of methoxy groups -OCH3 is 1. The first-order chi connectivity index (χ1) is 7.26. The van der Waals surface area contributed by atoms with Crippen molar-refractivity contribution in [3.63, 3.8) is 0 Å². The van der Waals surface area contributed by atoms with Crippen LogP contribution < -0.4 is 0 Å². The molecule has 16 heavy (non-hydrogen) atoms. The maximum atomic E-state index is 11.8. The Balaban J connectivity index is 3.90. The highest BCUT2D eigenvalue weighted by molar-refractivity contribution is 5.74. The maximum absolute atomic E-state index is 11.8. The molecule has 0 aromatic rings. The number of esters is 1. The number of alkyl halides is 3. The van der Waals surface area contributed by atoms with Crippen LogP contribution in [0.4, 0.5) is 13.2 Å². The van der Waals surface area contributed by atoms with E-state index < -0.39 is 31.0 Å². The van der Waals surface area contributed by atoms with Crippen molar-refractivity contribution in [3.05, 3.63) is 0 Å². The second kappa shape index (κ2) is 6.70. The molecule has 2 atom stereocenters. The van der Waals surface area contributed by atoms with Crippen molar-refractivity contribution in [1.29, 1.82) is 0 Å². The number of hydrogen-bond acceptors (Lipinski definition) is 4. The summed E-state index contributed by atoms with van der Waals surface area (Å²) in [5.74, 6) is -0.839. The van der Waals surface area contributed by atoms with E-state index in [1.807, 2.05) is 0 Å². The highest BCUT2D eigenvalue weighted by Crippen LogP contribution is 2.15. The minimum absolute atomic E-state index is 0.178. The Labute approximate surface area is 91.7 Å². The van der Waals surface area contributed by atoms with Gasteiger partial charge < -0.3 is 14.2 Å². The van der Waals surface area contributed by atoms with E-state index in [0.717, 1.165) is 0 Å². The van der Waals surface area contributed by atoms with E-state index in [9.17, 15) is 18.0 Å². The van der Waals surface area contributed by atoms with E-state index in [2.05, 4.69) is 4.74 Å². The summed E-state index contributed by atoms with van der Waals surface area (Å²) in [4.78, 5) is 11.2. The van der Waals surface area contributed by atoms with Crippen LogP contribution in [0.3, 0.4) is 0 Å². The van der Waals surface area contributed by atoms with Gasteiger partial charge in [-0.25, -0.2) is 4.79 Å². The minimum Gasteiger partial charge on any atom is -0.458 e. The van der Waals surface area contributed by atoms with Gasteiger partial charge in [0.1, 0.15) is 12.7 Å². The van der Waals surface area contributed by atoms with Gasteiger partial charge in [0.15, 0.2) is 6.10 Å². The van der Waals surface area contributed by atoms with Gasteiger partial charge in [-0.15, -0.1) is 0 Å². The van der Waals surface area contributed by atoms with Crippen LogP contribution in [0.1, 0.15) is 13.8 Å². The summed E-state index contributed by atoms with van der Waals surface area (Å²) < 4.78 is 49.1. The second-order valence-electron chi connectivity index (χ2n) is 3.27. The van der Waals surface area contributed by atoms with Crippen LogP contribution in [0.15, 0.2) is 0 Å². The van der Waals surface area contributed by atoms with Crippen LogP contribution in [-0.4, -0.2) is 44.7 Å². The lowest BCUT2D eigenvalue weighted by Crippen LogP contribution is -2.31. The number of hydrogen-bond donors (Lipinski definition) is 0. The molecule has 96 valence electrons. The van der Waals surface area contributed by atoms with E-state index in [-0.39, 0.29) is 6.61 Å². The zero-order chi connectivity index (χ0) is 12.8. The average Bonchev–Trinajstić information content (AvgIpc) is 2.13. The number of carbonyl (C=O) groups is 1. The first-order valence-corrected chi connectivity index (χ1v) is 4.64. The SMILES string of the molecule is COCC(C)OC(=O)C(C)OCC(F)(F)F. The minimum atomic E-state index is -4.45. The van der Waals surface area contributed by atoms with Crippen LogP contribution in [0.2, 0.25) is 0 Å². The van der Waals surface area contributed by atoms with Crippen LogP contribution in [0, 0.1) is 0 Å². The molecule has 7 heteroatoms. The van der Waals surface area contributed by atoms with E-state index in [1.165, 1.54) is 14.0 Å². The third-order valence-corrected chi connectivity index (χ3v) is 1.55. The van der Waals surface area contributed by atoms with Crippen LogP contribution >= 0.6 is 0 Å². The van der Waals surface area contributed by atoms with Gasteiger partial charge in [-0.2, -0.15) is 13.2 Å². The molecular weight excluding hydrogens is 229 g/mol. The summed E-state index contributed by atoms with van der Waals surface area (Å²) in [5.41, 5.74) is 0. The second-order valence-corrected chi connectivity index (χ2v) is 3.27. The zero-order valence-corrected chi connectivity index (χ0v) is 9.34. The molecule has 0 aliphatic carbocycles. The molecule has 0 N–H and O–H groups in total. The molecule has 0 fully saturated rings. The van der Waals surface area contributed by atoms with Gasteiger partial charge in [-0.1, -0.05) is 0 Å². The van der Waals surface area contributed by atoms with Crippen LogP contribution in [-0.2, 0) is 19.0 Å². The third-order valence-electron chi connectivity index (χ3n) is 1.55. The molecule has 0 radical (unpaired) electrons. The molecule has 4 nitrogen and oxygen atoms in total. The Morgan fingerprint density at radius 3 is 2.31 bits per heavy atom. The maximum Gasteiger partial charge on any atom is 0.411 e. The standard InChI is InChI=1S/C9H15F3O4/c1-6(4-14-3)16-8(13)7(2)15-5-9(10,11)12/h6-7H,4-5H2,1-3H3. The molecule has 0 saturated heterocycles. The molecule has 0 saturated carbocycles. The summed E-state index contributed by atoms with van der Waals surface area (Å²) >= 11 is 0. The fourth-order valence-electron chi connectivity index (χ4n) is 0.850. The summed E-state index contributed by atoms with van der Waals surface area (Å²) in [6.07, 6.45) is -6.22. The Morgan fingerprint density at radius 2 is 1.88 bits per heavy atom. The first-order valence-electron chi connectivity index (χ1n) is 4.64. The van der Waals surface area contributed by atoms with Crippen LogP contribution in [0.5, 0.6) is 0 Å². The topological polar surface area (TPSA) is 44.8 Å². The molecule has 0 bridgehead atoms. The predicted octanol–water partition coefficient (Wildman–Crippen LogP) is 1.53. The normalized spacial score (nSPS) is 15.6. The summed E-state index contributed by atoms with van der Waals surface area (Å²) in [7, 11) is 1.42. The molecule has 0 spiro atoms. The lowest BCUT2D eigenvalue weighted by Gasteiger charge is -2.17. The van der Waals surface area contributed by atoms with Crippen molar-refractivity contribution in [1.82, 2.24) is 0 Å². The lowest BCUT2D eigenvalue weighted by atomic mass is 10.4. The summed E-state index contributed by atoms with van der Waals surface area (Å²) in [6, 6.07) is 0. The van der Waals surface area contributed by atoms with Crippen molar-refractivity contribution < 1.29 is 32.2 Å². The van der Waals surface area contributed by atoms with Gasteiger partial charge >= 0.3 is 12.1 Å². The molecule has 0 rings (SSSR count). The van der Waals surface area contributed by atoms with E-state index >= 15 is 0 Å². The molecule has 0 aromatic heterocycles. The molecule has 0 amide bonds. The van der Waals surface area contributed by atoms with Crippen molar-refractivity contribution in [2.75, 3.05) is 20.3 Å². The lowest BCUT2D eigenvalue weighted by molar-refractivity contribution is -0.195. The van der Waals surface area contributed by atoms with Gasteiger partial charge in [0, 0.05) is 7.11 Å². The molecule has 0 heterocycles. The highest BCUT2D eigenvalue weighted by Gasteiger charge is 2.30. The van der Waals surface area contributed by atoms with Gasteiger partial charge in [-0.3, -0.25) is 0 Å². The van der Waals surface area contributed by atoms with E-state index in [1.54, 1.807) is 6.92 Å². The number of ether oxygens (including phenoxy) is 3. The van der Waals surface area contributed by atoms with Crippen molar-refractivity contribution in [3.8, 4) is 0 Å². The first kappa shape index (κ1) is 15.2. The number of carbonyl (C=O) groups excluding carboxylic acids is 1. The number of rotatable bonds is 6. The van der Waals surface area contributed by atoms with Crippen molar-refractivity contribution in [2.45, 2.75) is 32.2 Å².